The van der Waals surface area contributed by atoms with Crippen LogP contribution in [0.1, 0.15) is 368 Å². The summed E-state index contributed by atoms with van der Waals surface area (Å²) in [6.45, 7) is 21.7. The maximum absolute atomic E-state index is 13.7. The van der Waals surface area contributed by atoms with Gasteiger partial charge in [-0.2, -0.15) is 0 Å². The van der Waals surface area contributed by atoms with E-state index in [-0.39, 0.29) is 0 Å². The van der Waals surface area contributed by atoms with E-state index in [2.05, 4.69) is 88.8 Å². The summed E-state index contributed by atoms with van der Waals surface area (Å²) in [7, 11) is 0. The molecule has 4 aromatic carbocycles. The van der Waals surface area contributed by atoms with E-state index in [1.54, 1.807) is 5.57 Å². The monoisotopic (exact) mass is 1560 g/mol. The van der Waals surface area contributed by atoms with Crippen LogP contribution in [-0.4, -0.2) is 76.7 Å². The Morgan fingerprint density at radius 3 is 1.22 bits per heavy atom. The summed E-state index contributed by atoms with van der Waals surface area (Å²) in [6, 6.07) is 32.4. The summed E-state index contributed by atoms with van der Waals surface area (Å²) in [5.41, 5.74) is 6.44. The molecule has 0 heterocycles. The first kappa shape index (κ1) is 92.6. The van der Waals surface area contributed by atoms with Crippen molar-refractivity contribution in [3.05, 3.63) is 120 Å². The van der Waals surface area contributed by atoms with Gasteiger partial charge in [0.2, 0.25) is 0 Å². The highest BCUT2D eigenvalue weighted by atomic mass is 16.6. The minimum Gasteiger partial charge on any atom is -0.494 e. The minimum absolute atomic E-state index is 0.312. The predicted molar refractivity (Wildman–Crippen MR) is 473 cm³/mol. The average molecular weight is 1560 g/mol. The van der Waals surface area contributed by atoms with Crippen molar-refractivity contribution in [3.8, 4) is 23.0 Å². The van der Waals surface area contributed by atoms with Crippen molar-refractivity contribution in [1.82, 2.24) is 0 Å². The molecular formula is C102H158N2O9. The van der Waals surface area contributed by atoms with E-state index in [9.17, 15) is 9.59 Å². The van der Waals surface area contributed by atoms with Crippen LogP contribution in [-0.2, 0) is 23.8 Å². The number of allylic oxidation sites excluding steroid dienone is 1. The molecule has 0 radical (unpaired) electrons. The first-order chi connectivity index (χ1) is 55.3. The van der Waals surface area contributed by atoms with E-state index in [0.717, 1.165) is 223 Å². The van der Waals surface area contributed by atoms with Crippen molar-refractivity contribution in [2.24, 2.45) is 62.2 Å². The lowest BCUT2D eigenvalue weighted by molar-refractivity contribution is -0.162. The molecule has 0 spiro atoms. The number of benzene rings is 4. The highest BCUT2D eigenvalue weighted by molar-refractivity contribution is 5.94. The Morgan fingerprint density at radius 1 is 0.407 bits per heavy atom. The van der Waals surface area contributed by atoms with Gasteiger partial charge in [0.05, 0.1) is 57.1 Å². The van der Waals surface area contributed by atoms with Crippen LogP contribution in [0.4, 0.5) is 11.4 Å². The number of nitrogens with zero attached hydrogens (tertiary/aromatic N) is 2. The largest absolute Gasteiger partial charge is 0.494 e. The number of hydrogen-bond donors (Lipinski definition) is 0. The number of ether oxygens (including phenoxy) is 7. The van der Waals surface area contributed by atoms with Crippen LogP contribution in [0, 0.1) is 52.3 Å². The van der Waals surface area contributed by atoms with E-state index >= 15 is 0 Å². The summed E-state index contributed by atoms with van der Waals surface area (Å²) >= 11 is 0. The third-order valence-electron chi connectivity index (χ3n) is 26.4. The fraction of sp³-hybridized carbons (Fsp3) is 0.706. The number of esters is 2. The maximum atomic E-state index is 13.7. The molecule has 0 N–H and O–H groups in total. The van der Waals surface area contributed by atoms with Crippen LogP contribution >= 0.6 is 0 Å². The molecule has 4 aromatic rings. The van der Waals surface area contributed by atoms with Crippen LogP contribution in [0.15, 0.2) is 119 Å². The average Bonchev–Trinajstić information content (AvgIpc) is 1.71. The van der Waals surface area contributed by atoms with Gasteiger partial charge in [0.15, 0.2) is 5.92 Å². The minimum atomic E-state index is -0.873. The zero-order chi connectivity index (χ0) is 79.7. The Morgan fingerprint density at radius 2 is 0.796 bits per heavy atom. The molecular weight excluding hydrogens is 1400 g/mol. The Balaban J connectivity index is 0.665. The number of aliphatic imine (C=N–C) groups is 2. The Kier molecular flexibility index (Phi) is 45.0. The normalized spacial score (nSPS) is 20.6. The van der Waals surface area contributed by atoms with Crippen LogP contribution in [0.2, 0.25) is 0 Å². The van der Waals surface area contributed by atoms with Gasteiger partial charge in [-0.15, -0.1) is 0 Å². The number of carbonyl (C=O) groups excluding carboxylic acids is 2. The van der Waals surface area contributed by atoms with Gasteiger partial charge in [-0.3, -0.25) is 19.6 Å². The summed E-state index contributed by atoms with van der Waals surface area (Å²) < 4.78 is 42.5. The van der Waals surface area contributed by atoms with Crippen molar-refractivity contribution < 1.29 is 42.7 Å². The molecule has 4 aliphatic carbocycles. The number of hydrogen-bond acceptors (Lipinski definition) is 11. The Labute approximate surface area is 688 Å². The number of carbonyl (C=O) groups is 2. The summed E-state index contributed by atoms with van der Waals surface area (Å²) in [4.78, 5) is 36.8. The first-order valence-corrected chi connectivity index (χ1v) is 47.0. The van der Waals surface area contributed by atoms with Crippen molar-refractivity contribution in [3.63, 3.8) is 0 Å². The topological polar surface area (TPSA) is 123 Å². The lowest BCUT2D eigenvalue weighted by Crippen LogP contribution is -2.51. The van der Waals surface area contributed by atoms with Crippen LogP contribution in [0.5, 0.6) is 23.0 Å². The van der Waals surface area contributed by atoms with Crippen LogP contribution < -0.4 is 18.9 Å². The second kappa shape index (κ2) is 54.9. The van der Waals surface area contributed by atoms with E-state index in [1.165, 1.54) is 180 Å². The standard InChI is InChI=1S/C102H158N2O9/c1-8-10-12-14-16-22-29-39-74-109-91-61-53-87(54-62-91)103-80-84-48-57-89(58-49-84)107-72-37-31-24-18-20-26-33-42-77-112-99(105)95(47-36-28-35-41-76-111-93-68-70-101(6)86(79-93)52-65-94-97-67-66-96(83(5)46-44-45-82(3)4)102(97,7)71-69-98(94)101)100(106)113-78-43-34-27-21-19-25-32-38-73-108-90-59-50-85(51-60-90)81-104-88-55-63-92(64-56-88)110-75-40-30-23-17-15-13-11-9-2/h48-64,80-83,93-98H,8-47,65-79H2,1-7H3/t83-,93+,94+,95?,96-,97+,98+,101+,102-/m1/s1. The Bertz CT molecular complexity index is 3080. The molecule has 0 amide bonds. The van der Waals surface area contributed by atoms with E-state index < -0.39 is 17.9 Å². The summed E-state index contributed by atoms with van der Waals surface area (Å²) in [6.07, 6.45) is 63.7. The van der Waals surface area contributed by atoms with Gasteiger partial charge in [0, 0.05) is 19.0 Å². The zero-order valence-corrected chi connectivity index (χ0v) is 72.5. The molecule has 0 unspecified atom stereocenters. The number of unbranched alkanes of at least 4 members (excludes halogenated alkanes) is 31. The molecule has 0 aromatic heterocycles. The fourth-order valence-electron chi connectivity index (χ4n) is 19.3. The van der Waals surface area contributed by atoms with Crippen molar-refractivity contribution in [2.45, 2.75) is 363 Å². The van der Waals surface area contributed by atoms with Gasteiger partial charge in [0.25, 0.3) is 0 Å². The maximum Gasteiger partial charge on any atom is 0.320 e. The number of rotatable bonds is 63. The van der Waals surface area contributed by atoms with Crippen molar-refractivity contribution in [2.75, 3.05) is 46.2 Å². The molecule has 630 valence electrons. The van der Waals surface area contributed by atoms with Gasteiger partial charge in [-0.05, 0) is 257 Å². The fourth-order valence-corrected chi connectivity index (χ4v) is 19.3. The smallest absolute Gasteiger partial charge is 0.320 e. The highest BCUT2D eigenvalue weighted by Gasteiger charge is 2.59. The molecule has 4 aliphatic rings. The van der Waals surface area contributed by atoms with E-state index in [4.69, 9.17) is 33.2 Å². The van der Waals surface area contributed by atoms with Crippen molar-refractivity contribution >= 4 is 35.7 Å². The Hall–Kier alpha value is -5.94. The molecule has 0 bridgehead atoms. The zero-order valence-electron chi connectivity index (χ0n) is 72.5. The molecule has 11 heteroatoms. The lowest BCUT2D eigenvalue weighted by Gasteiger charge is -2.58. The third kappa shape index (κ3) is 34.6. The highest BCUT2D eigenvalue weighted by Crippen LogP contribution is 2.67. The van der Waals surface area contributed by atoms with Gasteiger partial charge in [-0.1, -0.05) is 266 Å². The molecule has 0 saturated heterocycles. The molecule has 3 fully saturated rings. The van der Waals surface area contributed by atoms with Crippen LogP contribution in [0.3, 0.4) is 0 Å². The first-order valence-electron chi connectivity index (χ1n) is 47.0. The quantitative estimate of drug-likeness (QED) is 0.0140. The molecule has 0 aliphatic heterocycles. The lowest BCUT2D eigenvalue weighted by atomic mass is 9.47. The van der Waals surface area contributed by atoms with E-state index in [0.29, 0.717) is 49.8 Å². The molecule has 8 rings (SSSR count). The van der Waals surface area contributed by atoms with Crippen molar-refractivity contribution in [1.29, 1.82) is 0 Å². The van der Waals surface area contributed by atoms with E-state index in [1.807, 2.05) is 85.2 Å². The predicted octanol–water partition coefficient (Wildman–Crippen LogP) is 29.0. The van der Waals surface area contributed by atoms with Crippen LogP contribution in [0.25, 0.3) is 0 Å². The van der Waals surface area contributed by atoms with Gasteiger partial charge < -0.3 is 33.2 Å². The summed E-state index contributed by atoms with van der Waals surface area (Å²) in [5, 5.41) is 0. The third-order valence-corrected chi connectivity index (χ3v) is 26.4. The van der Waals surface area contributed by atoms with Gasteiger partial charge in [0.1, 0.15) is 23.0 Å². The van der Waals surface area contributed by atoms with Gasteiger partial charge in [-0.25, -0.2) is 0 Å². The second-order valence-corrected chi connectivity index (χ2v) is 35.8. The molecule has 11 nitrogen and oxygen atoms in total. The molecule has 8 atom stereocenters. The number of fused-ring (bicyclic) bond motifs is 5. The summed E-state index contributed by atoms with van der Waals surface area (Å²) in [5.74, 6) is 7.00. The SMILES string of the molecule is CCCCCCCCCCOc1ccc(N=Cc2ccc(OCCCCCCCCCCOC(=O)C(CCCCCCO[C@H]3CC[C@@]4(C)C(=CC[C@H]5[C@@H]6CC[C@H]([C@H](C)CCCC(C)C)[C@@]6(C)CC[C@@H]54)C3)C(=O)OCCCCCCCCCCOc3ccc(C=Nc4ccc(OCCCCCCCCCC)cc4)cc3)cc2)cc1. The molecule has 113 heavy (non-hydrogen) atoms. The van der Waals surface area contributed by atoms with Gasteiger partial charge >= 0.3 is 11.9 Å². The molecule has 3 saturated carbocycles. The second-order valence-electron chi connectivity index (χ2n) is 35.8.